The number of rotatable bonds is 4. The molecule has 29 heavy (non-hydrogen) atoms. The molecule has 1 aromatic heterocycles. The number of aromatic amines is 1. The Labute approximate surface area is 168 Å². The number of aliphatic imine (C=N–C) groups is 1. The largest absolute Gasteiger partial charge is 0.497 e. The second-order valence-corrected chi connectivity index (χ2v) is 7.21. The first-order valence-corrected chi connectivity index (χ1v) is 9.45. The van der Waals surface area contributed by atoms with Crippen molar-refractivity contribution < 1.29 is 4.74 Å². The number of methoxy groups -OCH3 is 1. The van der Waals surface area contributed by atoms with Crippen LogP contribution in [0.1, 0.15) is 16.7 Å². The molecular weight excluding hydrogens is 362 g/mol. The van der Waals surface area contributed by atoms with Gasteiger partial charge < -0.3 is 15.4 Å². The van der Waals surface area contributed by atoms with Crippen LogP contribution in [-0.4, -0.2) is 23.5 Å². The molecule has 2 heterocycles. The minimum Gasteiger partial charge on any atom is -0.497 e. The molecule has 0 amide bonds. The Balaban J connectivity index is 1.63. The summed E-state index contributed by atoms with van der Waals surface area (Å²) < 4.78 is 5.46. The quantitative estimate of drug-likeness (QED) is 0.480. The molecular formula is C23H21N5O. The molecule has 0 fully saturated rings. The monoisotopic (exact) mass is 383 g/mol. The summed E-state index contributed by atoms with van der Waals surface area (Å²) in [7, 11) is 1.67. The summed E-state index contributed by atoms with van der Waals surface area (Å²) in [5.41, 5.74) is 6.15. The standard InChI is InChI=1S/C23H21N5O/c1-15-6-7-16-13-24-23(27-22(16)10-15,18-4-3-5-20(12-18)29-2)26-19-8-9-21-17(11-19)14-25-28-21/h3-14,26-27H,1-2H3,(H,25,28). The first-order chi connectivity index (χ1) is 14.1. The molecule has 1 unspecified atom stereocenters. The summed E-state index contributed by atoms with van der Waals surface area (Å²) >= 11 is 0. The average Bonchev–Trinajstić information content (AvgIpc) is 3.21. The summed E-state index contributed by atoms with van der Waals surface area (Å²) in [5, 5.41) is 15.4. The van der Waals surface area contributed by atoms with Gasteiger partial charge in [-0.25, -0.2) is 4.99 Å². The van der Waals surface area contributed by atoms with Crippen molar-refractivity contribution in [3.8, 4) is 5.75 Å². The molecule has 1 aliphatic rings. The van der Waals surface area contributed by atoms with Gasteiger partial charge in [0.15, 0.2) is 0 Å². The van der Waals surface area contributed by atoms with E-state index in [0.717, 1.165) is 39.2 Å². The predicted octanol–water partition coefficient (Wildman–Crippen LogP) is 4.65. The number of H-pyrrole nitrogens is 1. The van der Waals surface area contributed by atoms with Crippen LogP contribution in [0.4, 0.5) is 11.4 Å². The second kappa shape index (κ2) is 6.67. The van der Waals surface area contributed by atoms with Gasteiger partial charge in [0, 0.05) is 34.1 Å². The molecule has 0 saturated heterocycles. The SMILES string of the molecule is COc1cccc(C2(Nc3ccc4[nH]ncc4c3)N=Cc3ccc(C)cc3N2)c1. The number of ether oxygens (including phenoxy) is 1. The molecule has 6 heteroatoms. The molecule has 5 rings (SSSR count). The lowest BCUT2D eigenvalue weighted by Gasteiger charge is -2.37. The highest BCUT2D eigenvalue weighted by atomic mass is 16.5. The zero-order valence-electron chi connectivity index (χ0n) is 16.2. The van der Waals surface area contributed by atoms with Crippen molar-refractivity contribution in [2.24, 2.45) is 4.99 Å². The molecule has 4 aromatic rings. The molecule has 1 aliphatic heterocycles. The van der Waals surface area contributed by atoms with E-state index in [-0.39, 0.29) is 0 Å². The fraction of sp³-hybridized carbons (Fsp3) is 0.130. The number of fused-ring (bicyclic) bond motifs is 2. The van der Waals surface area contributed by atoms with Crippen molar-refractivity contribution in [2.45, 2.75) is 12.7 Å². The van der Waals surface area contributed by atoms with Gasteiger partial charge in [-0.1, -0.05) is 24.3 Å². The molecule has 144 valence electrons. The van der Waals surface area contributed by atoms with Crippen LogP contribution in [-0.2, 0) is 5.79 Å². The molecule has 0 bridgehead atoms. The number of nitrogens with zero attached hydrogens (tertiary/aromatic N) is 2. The van der Waals surface area contributed by atoms with Crippen LogP contribution in [0, 0.1) is 6.92 Å². The number of nitrogens with one attached hydrogen (secondary N) is 3. The van der Waals surface area contributed by atoms with Gasteiger partial charge >= 0.3 is 0 Å². The van der Waals surface area contributed by atoms with E-state index in [1.165, 1.54) is 5.56 Å². The third-order valence-corrected chi connectivity index (χ3v) is 5.17. The maximum atomic E-state index is 5.46. The Kier molecular flexibility index (Phi) is 3.98. The molecule has 1 atom stereocenters. The first kappa shape index (κ1) is 17.3. The van der Waals surface area contributed by atoms with Gasteiger partial charge in [0.1, 0.15) is 5.75 Å². The Morgan fingerprint density at radius 3 is 2.86 bits per heavy atom. The number of aryl methyl sites for hydroxylation is 1. The van der Waals surface area contributed by atoms with E-state index in [2.05, 4.69) is 52.0 Å². The number of hydrogen-bond donors (Lipinski definition) is 3. The summed E-state index contributed by atoms with van der Waals surface area (Å²) in [6, 6.07) is 20.3. The maximum absolute atomic E-state index is 5.46. The van der Waals surface area contributed by atoms with E-state index in [0.29, 0.717) is 0 Å². The van der Waals surface area contributed by atoms with Gasteiger partial charge in [-0.15, -0.1) is 0 Å². The maximum Gasteiger partial charge on any atom is 0.232 e. The van der Waals surface area contributed by atoms with E-state index in [9.17, 15) is 0 Å². The van der Waals surface area contributed by atoms with E-state index in [4.69, 9.17) is 9.73 Å². The number of hydrogen-bond acceptors (Lipinski definition) is 5. The molecule has 0 aliphatic carbocycles. The Morgan fingerprint density at radius 2 is 1.97 bits per heavy atom. The van der Waals surface area contributed by atoms with Crippen molar-refractivity contribution in [3.63, 3.8) is 0 Å². The Bertz CT molecular complexity index is 1230. The van der Waals surface area contributed by atoms with Crippen LogP contribution in [0.5, 0.6) is 5.75 Å². The van der Waals surface area contributed by atoms with Gasteiger partial charge in [-0.3, -0.25) is 5.10 Å². The van der Waals surface area contributed by atoms with Crippen LogP contribution in [0.3, 0.4) is 0 Å². The highest BCUT2D eigenvalue weighted by molar-refractivity contribution is 5.91. The minimum absolute atomic E-state index is 0.779. The number of aromatic nitrogens is 2. The Hall–Kier alpha value is -3.80. The fourth-order valence-electron chi connectivity index (χ4n) is 3.64. The molecule has 6 nitrogen and oxygen atoms in total. The minimum atomic E-state index is -0.868. The lowest BCUT2D eigenvalue weighted by atomic mass is 10.0. The third-order valence-electron chi connectivity index (χ3n) is 5.17. The van der Waals surface area contributed by atoms with Crippen molar-refractivity contribution >= 4 is 28.5 Å². The lowest BCUT2D eigenvalue weighted by molar-refractivity contribution is 0.413. The van der Waals surface area contributed by atoms with Gasteiger partial charge in [-0.2, -0.15) is 5.10 Å². The van der Waals surface area contributed by atoms with E-state index in [1.54, 1.807) is 7.11 Å². The van der Waals surface area contributed by atoms with Gasteiger partial charge in [0.05, 0.1) is 18.8 Å². The average molecular weight is 383 g/mol. The van der Waals surface area contributed by atoms with Crippen molar-refractivity contribution in [2.75, 3.05) is 17.7 Å². The molecule has 3 aromatic carbocycles. The molecule has 3 N–H and O–H groups in total. The van der Waals surface area contributed by atoms with E-state index >= 15 is 0 Å². The zero-order chi connectivity index (χ0) is 19.8. The van der Waals surface area contributed by atoms with Gasteiger partial charge in [-0.05, 0) is 48.9 Å². The van der Waals surface area contributed by atoms with Crippen molar-refractivity contribution in [3.05, 3.63) is 83.6 Å². The lowest BCUT2D eigenvalue weighted by Crippen LogP contribution is -2.43. The van der Waals surface area contributed by atoms with E-state index in [1.807, 2.05) is 48.8 Å². The summed E-state index contributed by atoms with van der Waals surface area (Å²) in [6.07, 6.45) is 3.73. The first-order valence-electron chi connectivity index (χ1n) is 9.45. The van der Waals surface area contributed by atoms with E-state index < -0.39 is 5.79 Å². The third kappa shape index (κ3) is 3.08. The number of anilines is 2. The summed E-state index contributed by atoms with van der Waals surface area (Å²) in [6.45, 7) is 2.08. The normalized spacial score (nSPS) is 17.6. The van der Waals surface area contributed by atoms with Crippen LogP contribution < -0.4 is 15.4 Å². The van der Waals surface area contributed by atoms with Crippen LogP contribution >= 0.6 is 0 Å². The smallest absolute Gasteiger partial charge is 0.232 e. The van der Waals surface area contributed by atoms with Crippen LogP contribution in [0.15, 0.2) is 71.9 Å². The highest BCUT2D eigenvalue weighted by Crippen LogP contribution is 2.36. The van der Waals surface area contributed by atoms with Gasteiger partial charge in [0.25, 0.3) is 0 Å². The summed E-state index contributed by atoms with van der Waals surface area (Å²) in [4.78, 5) is 4.91. The fourth-order valence-corrected chi connectivity index (χ4v) is 3.64. The molecule has 0 saturated carbocycles. The van der Waals surface area contributed by atoms with Crippen LogP contribution in [0.25, 0.3) is 10.9 Å². The number of benzene rings is 3. The summed E-state index contributed by atoms with van der Waals surface area (Å²) in [5.74, 6) is -0.0896. The molecule has 0 radical (unpaired) electrons. The van der Waals surface area contributed by atoms with Gasteiger partial charge in [0.2, 0.25) is 5.79 Å². The zero-order valence-corrected chi connectivity index (χ0v) is 16.2. The predicted molar refractivity (Wildman–Crippen MR) is 117 cm³/mol. The Morgan fingerprint density at radius 1 is 1.03 bits per heavy atom. The second-order valence-electron chi connectivity index (χ2n) is 7.21. The topological polar surface area (TPSA) is 74.3 Å². The van der Waals surface area contributed by atoms with Crippen molar-refractivity contribution in [1.82, 2.24) is 10.2 Å². The van der Waals surface area contributed by atoms with Crippen LogP contribution in [0.2, 0.25) is 0 Å². The molecule has 0 spiro atoms. The van der Waals surface area contributed by atoms with Crippen molar-refractivity contribution in [1.29, 1.82) is 0 Å². The highest BCUT2D eigenvalue weighted by Gasteiger charge is 2.34.